The van der Waals surface area contributed by atoms with Crippen LogP contribution in [0.2, 0.25) is 0 Å². The highest BCUT2D eigenvalue weighted by molar-refractivity contribution is 5.30. The molecular formula is C12H21N3O2. The highest BCUT2D eigenvalue weighted by Crippen LogP contribution is 2.12. The molecule has 96 valence electrons. The Kier molecular flexibility index (Phi) is 6.32. The molecule has 5 heteroatoms. The third-order valence-corrected chi connectivity index (χ3v) is 2.15. The summed E-state index contributed by atoms with van der Waals surface area (Å²) >= 11 is 0. The molecular weight excluding hydrogens is 218 g/mol. The molecule has 17 heavy (non-hydrogen) atoms. The minimum absolute atomic E-state index is 0.223. The number of ether oxygens (including phenoxy) is 1. The van der Waals surface area contributed by atoms with Crippen molar-refractivity contribution in [2.75, 3.05) is 25.1 Å². The zero-order valence-electron chi connectivity index (χ0n) is 10.6. The monoisotopic (exact) mass is 239 g/mol. The molecule has 0 aliphatic carbocycles. The van der Waals surface area contributed by atoms with Gasteiger partial charge in [0.15, 0.2) is 0 Å². The van der Waals surface area contributed by atoms with Gasteiger partial charge in [0, 0.05) is 24.9 Å². The molecule has 5 nitrogen and oxygen atoms in total. The molecule has 0 radical (unpaired) electrons. The van der Waals surface area contributed by atoms with Crippen LogP contribution in [0.3, 0.4) is 0 Å². The number of rotatable bonds is 8. The van der Waals surface area contributed by atoms with Crippen LogP contribution in [-0.4, -0.2) is 34.8 Å². The van der Waals surface area contributed by atoms with Crippen molar-refractivity contribution in [1.29, 1.82) is 0 Å². The number of hydrogen-bond acceptors (Lipinski definition) is 5. The molecule has 1 aromatic heterocycles. The molecule has 0 fully saturated rings. The molecule has 0 aromatic carbocycles. The number of aliphatic hydroxyl groups excluding tert-OH is 1. The molecule has 0 aliphatic heterocycles. The lowest BCUT2D eigenvalue weighted by atomic mass is 10.3. The molecule has 0 spiro atoms. The largest absolute Gasteiger partial charge is 0.478 e. The summed E-state index contributed by atoms with van der Waals surface area (Å²) < 4.78 is 5.47. The van der Waals surface area contributed by atoms with Gasteiger partial charge in [-0.2, -0.15) is 4.98 Å². The first-order valence-electron chi connectivity index (χ1n) is 6.09. The van der Waals surface area contributed by atoms with Gasteiger partial charge >= 0.3 is 0 Å². The zero-order valence-corrected chi connectivity index (χ0v) is 10.6. The summed E-state index contributed by atoms with van der Waals surface area (Å²) in [5, 5.41) is 11.8. The lowest BCUT2D eigenvalue weighted by Gasteiger charge is -2.08. The van der Waals surface area contributed by atoms with Gasteiger partial charge in [-0.25, -0.2) is 4.98 Å². The third kappa shape index (κ3) is 5.49. The van der Waals surface area contributed by atoms with Crippen LogP contribution in [0.5, 0.6) is 5.88 Å². The Morgan fingerprint density at radius 2 is 2.18 bits per heavy atom. The maximum absolute atomic E-state index is 8.67. The Morgan fingerprint density at radius 3 is 2.88 bits per heavy atom. The summed E-state index contributed by atoms with van der Waals surface area (Å²) in [6.07, 6.45) is 2.65. The van der Waals surface area contributed by atoms with E-state index in [-0.39, 0.29) is 6.61 Å². The van der Waals surface area contributed by atoms with Gasteiger partial charge in [-0.3, -0.25) is 0 Å². The number of hydrogen-bond donors (Lipinski definition) is 2. The predicted octanol–water partition coefficient (Wildman–Crippen LogP) is 1.76. The van der Waals surface area contributed by atoms with E-state index in [4.69, 9.17) is 9.84 Å². The first-order chi connectivity index (χ1) is 8.26. The Hall–Kier alpha value is -1.36. The molecule has 2 N–H and O–H groups in total. The molecule has 0 bridgehead atoms. The lowest BCUT2D eigenvalue weighted by molar-refractivity contribution is 0.286. The van der Waals surface area contributed by atoms with Crippen LogP contribution in [0.1, 0.15) is 31.9 Å². The van der Waals surface area contributed by atoms with Gasteiger partial charge in [0.1, 0.15) is 0 Å². The van der Waals surface area contributed by atoms with E-state index in [1.54, 1.807) is 0 Å². The van der Waals surface area contributed by atoms with Crippen LogP contribution >= 0.6 is 0 Å². The van der Waals surface area contributed by atoms with Crippen molar-refractivity contribution < 1.29 is 9.84 Å². The Bertz CT molecular complexity index is 332. The van der Waals surface area contributed by atoms with Gasteiger partial charge in [0.05, 0.1) is 6.61 Å². The van der Waals surface area contributed by atoms with E-state index >= 15 is 0 Å². The Morgan fingerprint density at radius 1 is 1.35 bits per heavy atom. The van der Waals surface area contributed by atoms with Crippen molar-refractivity contribution >= 4 is 5.95 Å². The average Bonchev–Trinajstić information content (AvgIpc) is 2.31. The smallest absolute Gasteiger partial charge is 0.226 e. The fourth-order valence-corrected chi connectivity index (χ4v) is 1.34. The van der Waals surface area contributed by atoms with E-state index in [9.17, 15) is 0 Å². The number of aromatic nitrogens is 2. The Balaban J connectivity index is 2.50. The molecule has 0 saturated heterocycles. The van der Waals surface area contributed by atoms with E-state index in [1.165, 1.54) is 0 Å². The second-order valence-electron chi connectivity index (χ2n) is 3.88. The standard InChI is InChI=1S/C12H21N3O2/c1-3-8-17-11-9-10(2)14-12(15-11)13-6-4-5-7-16/h9,16H,3-8H2,1-2H3,(H,13,14,15). The van der Waals surface area contributed by atoms with E-state index < -0.39 is 0 Å². The lowest BCUT2D eigenvalue weighted by Crippen LogP contribution is -2.08. The van der Waals surface area contributed by atoms with Crippen molar-refractivity contribution in [1.82, 2.24) is 9.97 Å². The normalized spacial score (nSPS) is 10.3. The first kappa shape index (κ1) is 13.7. The SMILES string of the molecule is CCCOc1cc(C)nc(NCCCCO)n1. The van der Waals surface area contributed by atoms with Crippen molar-refractivity contribution in [3.8, 4) is 5.88 Å². The number of nitrogens with zero attached hydrogens (tertiary/aromatic N) is 2. The maximum Gasteiger partial charge on any atom is 0.226 e. The third-order valence-electron chi connectivity index (χ3n) is 2.15. The predicted molar refractivity (Wildman–Crippen MR) is 67.4 cm³/mol. The highest BCUT2D eigenvalue weighted by Gasteiger charge is 2.02. The van der Waals surface area contributed by atoms with Crippen LogP contribution in [0.4, 0.5) is 5.95 Å². The number of aryl methyl sites for hydroxylation is 1. The summed E-state index contributed by atoms with van der Waals surface area (Å²) in [6.45, 7) is 5.63. The first-order valence-corrected chi connectivity index (χ1v) is 6.09. The summed E-state index contributed by atoms with van der Waals surface area (Å²) in [6, 6.07) is 1.83. The highest BCUT2D eigenvalue weighted by atomic mass is 16.5. The fraction of sp³-hybridized carbons (Fsp3) is 0.667. The van der Waals surface area contributed by atoms with Gasteiger partial charge in [-0.05, 0) is 26.2 Å². The molecule has 0 aliphatic rings. The van der Waals surface area contributed by atoms with Gasteiger partial charge < -0.3 is 15.2 Å². The van der Waals surface area contributed by atoms with Crippen LogP contribution < -0.4 is 10.1 Å². The van der Waals surface area contributed by atoms with Crippen LogP contribution in [0.25, 0.3) is 0 Å². The molecule has 1 aromatic rings. The van der Waals surface area contributed by atoms with E-state index in [2.05, 4.69) is 22.2 Å². The minimum atomic E-state index is 0.223. The minimum Gasteiger partial charge on any atom is -0.478 e. The molecule has 0 unspecified atom stereocenters. The summed E-state index contributed by atoms with van der Waals surface area (Å²) in [4.78, 5) is 8.54. The van der Waals surface area contributed by atoms with E-state index in [0.717, 1.165) is 31.5 Å². The second kappa shape index (κ2) is 7.84. The topological polar surface area (TPSA) is 67.3 Å². The van der Waals surface area contributed by atoms with Crippen molar-refractivity contribution in [2.45, 2.75) is 33.1 Å². The van der Waals surface area contributed by atoms with Crippen molar-refractivity contribution in [3.05, 3.63) is 11.8 Å². The number of anilines is 1. The summed E-state index contributed by atoms with van der Waals surface area (Å²) in [5.74, 6) is 1.21. The molecule has 1 heterocycles. The summed E-state index contributed by atoms with van der Waals surface area (Å²) in [5.41, 5.74) is 0.885. The van der Waals surface area contributed by atoms with Gasteiger partial charge in [0.25, 0.3) is 0 Å². The Labute approximate surface area is 102 Å². The van der Waals surface area contributed by atoms with Crippen LogP contribution in [0, 0.1) is 6.92 Å². The van der Waals surface area contributed by atoms with Gasteiger partial charge in [-0.1, -0.05) is 6.92 Å². The molecule has 0 amide bonds. The number of nitrogens with one attached hydrogen (secondary N) is 1. The number of aliphatic hydroxyl groups is 1. The van der Waals surface area contributed by atoms with Crippen molar-refractivity contribution in [3.63, 3.8) is 0 Å². The summed E-state index contributed by atoms with van der Waals surface area (Å²) in [7, 11) is 0. The fourth-order valence-electron chi connectivity index (χ4n) is 1.34. The molecule has 0 atom stereocenters. The maximum atomic E-state index is 8.67. The van der Waals surface area contributed by atoms with Gasteiger partial charge in [0.2, 0.25) is 11.8 Å². The molecule has 0 saturated carbocycles. The van der Waals surface area contributed by atoms with Crippen LogP contribution in [0.15, 0.2) is 6.07 Å². The average molecular weight is 239 g/mol. The van der Waals surface area contributed by atoms with E-state index in [1.807, 2.05) is 13.0 Å². The van der Waals surface area contributed by atoms with E-state index in [0.29, 0.717) is 18.4 Å². The number of unbranched alkanes of at least 4 members (excludes halogenated alkanes) is 1. The zero-order chi connectivity index (χ0) is 12.5. The molecule has 1 rings (SSSR count). The van der Waals surface area contributed by atoms with Crippen molar-refractivity contribution in [2.24, 2.45) is 0 Å². The quantitative estimate of drug-likeness (QED) is 0.677. The van der Waals surface area contributed by atoms with Crippen LogP contribution in [-0.2, 0) is 0 Å². The second-order valence-corrected chi connectivity index (χ2v) is 3.88. The van der Waals surface area contributed by atoms with Gasteiger partial charge in [-0.15, -0.1) is 0 Å².